The van der Waals surface area contributed by atoms with Gasteiger partial charge in [0.25, 0.3) is 0 Å². The van der Waals surface area contributed by atoms with Crippen LogP contribution in [-0.4, -0.2) is 42.1 Å². The number of fused-ring (bicyclic) bond motifs is 1. The number of hydrazine groups is 1. The molecule has 1 fully saturated rings. The maximum Gasteiger partial charge on any atom is 0.238 e. The minimum atomic E-state index is -0.244. The van der Waals surface area contributed by atoms with E-state index in [1.54, 1.807) is 0 Å². The smallest absolute Gasteiger partial charge is 0.238 e. The zero-order valence-electron chi connectivity index (χ0n) is 27.0. The van der Waals surface area contributed by atoms with Gasteiger partial charge in [-0.25, -0.2) is 0 Å². The van der Waals surface area contributed by atoms with Gasteiger partial charge in [0.05, 0.1) is 6.67 Å². The van der Waals surface area contributed by atoms with Crippen molar-refractivity contribution in [2.24, 2.45) is 11.3 Å². The van der Waals surface area contributed by atoms with Crippen LogP contribution in [0.2, 0.25) is 10.0 Å². The molecule has 244 valence electrons. The monoisotopic (exact) mass is 679 g/mol. The summed E-state index contributed by atoms with van der Waals surface area (Å²) in [6.45, 7) is 8.80. The van der Waals surface area contributed by atoms with Crippen LogP contribution < -0.4 is 10.9 Å². The van der Waals surface area contributed by atoms with Crippen LogP contribution in [0.25, 0.3) is 11.1 Å². The minimum absolute atomic E-state index is 0.0928. The number of nitrogens with zero attached hydrogens (tertiary/aromatic N) is 1. The first-order valence-electron chi connectivity index (χ1n) is 16.3. The number of hydrogen-bond donors (Lipinski definition) is 2. The summed E-state index contributed by atoms with van der Waals surface area (Å²) in [6.07, 6.45) is 5.91. The molecular weight excluding hydrogens is 636 g/mol. The van der Waals surface area contributed by atoms with Crippen molar-refractivity contribution in [1.82, 2.24) is 15.8 Å². The first-order chi connectivity index (χ1) is 22.0. The summed E-state index contributed by atoms with van der Waals surface area (Å²) in [5.74, 6) is 0.505. The highest BCUT2D eigenvalue weighted by Crippen LogP contribution is 2.42. The standard InChI is InChI=1S/C38H44Cl2FN3OS/c1-38(2,3)23-35(45)42-43-37(46)29-12-14-31-28(21-29)6-4-7-33(32-15-13-30(39)22-34(32)40)36(31)27-10-8-25(9-11-27)20-26-16-19-44(24-26)18-5-17-41/h8-15,21-22,26H,4-7,16-20,23-24H2,1-3H3,(H,42,45)(H,43,46). The van der Waals surface area contributed by atoms with Crippen LogP contribution in [-0.2, 0) is 17.6 Å². The van der Waals surface area contributed by atoms with E-state index in [0.29, 0.717) is 33.8 Å². The topological polar surface area (TPSA) is 44.4 Å². The molecule has 4 nitrogen and oxygen atoms in total. The number of aryl methyl sites for hydroxylation is 1. The number of hydrogen-bond acceptors (Lipinski definition) is 3. The number of rotatable bonds is 9. The number of likely N-dealkylation sites (tertiary alicyclic amines) is 1. The highest BCUT2D eigenvalue weighted by molar-refractivity contribution is 7.80. The average molecular weight is 681 g/mol. The summed E-state index contributed by atoms with van der Waals surface area (Å²) in [6, 6.07) is 21.1. The van der Waals surface area contributed by atoms with Crippen LogP contribution in [0.3, 0.4) is 0 Å². The first-order valence-corrected chi connectivity index (χ1v) is 17.5. The van der Waals surface area contributed by atoms with Crippen molar-refractivity contribution >= 4 is 57.5 Å². The van der Waals surface area contributed by atoms with E-state index in [-0.39, 0.29) is 18.0 Å². The predicted octanol–water partition coefficient (Wildman–Crippen LogP) is 9.25. The summed E-state index contributed by atoms with van der Waals surface area (Å²) in [7, 11) is 0. The SMILES string of the molecule is CC(C)(C)CC(=O)NNC(=S)c1ccc2c(c1)CCCC(c1ccc(Cl)cc1Cl)=C2c1ccc(CC2CCN(CCCF)C2)cc1. The Labute approximate surface area is 288 Å². The molecule has 1 aliphatic carbocycles. The van der Waals surface area contributed by atoms with Gasteiger partial charge in [-0.3, -0.25) is 20.0 Å². The predicted molar refractivity (Wildman–Crippen MR) is 194 cm³/mol. The molecule has 2 N–H and O–H groups in total. The molecule has 0 spiro atoms. The molecule has 1 unspecified atom stereocenters. The summed E-state index contributed by atoms with van der Waals surface area (Å²) in [5, 5.41) is 1.26. The van der Waals surface area contributed by atoms with E-state index in [0.717, 1.165) is 74.0 Å². The molecule has 0 aromatic heterocycles. The molecule has 5 rings (SSSR count). The number of benzene rings is 3. The fourth-order valence-corrected chi connectivity index (χ4v) is 7.39. The van der Waals surface area contributed by atoms with Gasteiger partial charge in [0.15, 0.2) is 0 Å². The largest absolute Gasteiger partial charge is 0.303 e. The molecule has 1 atom stereocenters. The zero-order valence-corrected chi connectivity index (χ0v) is 29.4. The summed E-state index contributed by atoms with van der Waals surface area (Å²) >= 11 is 18.8. The molecule has 1 aliphatic heterocycles. The number of carbonyl (C=O) groups is 1. The van der Waals surface area contributed by atoms with Gasteiger partial charge in [0.2, 0.25) is 5.91 Å². The number of allylic oxidation sites excluding steroid dienone is 1. The van der Waals surface area contributed by atoms with Gasteiger partial charge >= 0.3 is 0 Å². The van der Waals surface area contributed by atoms with Crippen molar-refractivity contribution in [3.05, 3.63) is 104 Å². The Balaban J connectivity index is 1.44. The van der Waals surface area contributed by atoms with Crippen LogP contribution in [0.15, 0.2) is 60.7 Å². The van der Waals surface area contributed by atoms with Gasteiger partial charge in [-0.05, 0) is 114 Å². The van der Waals surface area contributed by atoms with E-state index < -0.39 is 0 Å². The second-order valence-electron chi connectivity index (χ2n) is 13.8. The van der Waals surface area contributed by atoms with Gasteiger partial charge in [0, 0.05) is 35.1 Å². The molecule has 2 aliphatic rings. The maximum absolute atomic E-state index is 12.7. The fraction of sp³-hybridized carbons (Fsp3) is 0.421. The fourth-order valence-electron chi connectivity index (χ4n) is 6.69. The molecule has 0 bridgehead atoms. The average Bonchev–Trinajstić information content (AvgIpc) is 3.36. The normalized spacial score (nSPS) is 17.0. The lowest BCUT2D eigenvalue weighted by molar-refractivity contribution is -0.123. The van der Waals surface area contributed by atoms with Crippen LogP contribution >= 0.6 is 35.4 Å². The van der Waals surface area contributed by atoms with Crippen molar-refractivity contribution < 1.29 is 9.18 Å². The van der Waals surface area contributed by atoms with Crippen LogP contribution in [0.5, 0.6) is 0 Å². The van der Waals surface area contributed by atoms with Gasteiger partial charge in [-0.2, -0.15) is 0 Å². The molecule has 8 heteroatoms. The van der Waals surface area contributed by atoms with Crippen molar-refractivity contribution in [3.63, 3.8) is 0 Å². The van der Waals surface area contributed by atoms with Crippen LogP contribution in [0.4, 0.5) is 4.39 Å². The van der Waals surface area contributed by atoms with Gasteiger partial charge < -0.3 is 4.90 Å². The van der Waals surface area contributed by atoms with E-state index in [9.17, 15) is 9.18 Å². The number of nitrogens with one attached hydrogen (secondary N) is 2. The van der Waals surface area contributed by atoms with Crippen molar-refractivity contribution in [1.29, 1.82) is 0 Å². The molecule has 3 aromatic rings. The molecule has 1 saturated heterocycles. The Morgan fingerprint density at radius 1 is 1.00 bits per heavy atom. The maximum atomic E-state index is 12.7. The Morgan fingerprint density at radius 3 is 2.48 bits per heavy atom. The molecule has 0 saturated carbocycles. The van der Waals surface area contributed by atoms with E-state index >= 15 is 0 Å². The van der Waals surface area contributed by atoms with Gasteiger partial charge in [-0.1, -0.05) is 98.7 Å². The molecule has 3 aromatic carbocycles. The molecule has 0 radical (unpaired) electrons. The quantitative estimate of drug-likeness (QED) is 0.175. The van der Waals surface area contributed by atoms with Crippen molar-refractivity contribution in [2.75, 3.05) is 26.3 Å². The molecular formula is C38H44Cl2FN3OS. The lowest BCUT2D eigenvalue weighted by atomic mass is 9.86. The van der Waals surface area contributed by atoms with Crippen molar-refractivity contribution in [3.8, 4) is 0 Å². The van der Waals surface area contributed by atoms with E-state index in [4.69, 9.17) is 35.4 Å². The second-order valence-corrected chi connectivity index (χ2v) is 15.1. The number of alkyl halides is 1. The summed E-state index contributed by atoms with van der Waals surface area (Å²) in [5.41, 5.74) is 14.7. The summed E-state index contributed by atoms with van der Waals surface area (Å²) in [4.78, 5) is 15.3. The number of halogens is 3. The summed E-state index contributed by atoms with van der Waals surface area (Å²) < 4.78 is 12.7. The highest BCUT2D eigenvalue weighted by atomic mass is 35.5. The zero-order chi connectivity index (χ0) is 32.8. The lowest BCUT2D eigenvalue weighted by Crippen LogP contribution is -2.42. The third-order valence-electron chi connectivity index (χ3n) is 8.82. The Bertz CT molecular complexity index is 1600. The number of amides is 1. The molecule has 46 heavy (non-hydrogen) atoms. The third-order valence-corrected chi connectivity index (χ3v) is 9.70. The third kappa shape index (κ3) is 8.97. The Morgan fingerprint density at radius 2 is 1.76 bits per heavy atom. The van der Waals surface area contributed by atoms with E-state index in [1.165, 1.54) is 22.3 Å². The van der Waals surface area contributed by atoms with E-state index in [1.807, 2.05) is 45.0 Å². The number of thiocarbonyl (C=S) groups is 1. The number of carbonyl (C=O) groups excluding carboxylic acids is 1. The Hall–Kier alpha value is -2.77. The first kappa shape index (κ1) is 34.6. The molecule has 1 heterocycles. The van der Waals surface area contributed by atoms with Crippen molar-refractivity contribution in [2.45, 2.75) is 65.7 Å². The van der Waals surface area contributed by atoms with Crippen LogP contribution in [0, 0.1) is 11.3 Å². The van der Waals surface area contributed by atoms with E-state index in [2.05, 4.69) is 52.1 Å². The highest BCUT2D eigenvalue weighted by Gasteiger charge is 2.25. The Kier molecular flexibility index (Phi) is 11.6. The lowest BCUT2D eigenvalue weighted by Gasteiger charge is -2.20. The van der Waals surface area contributed by atoms with Gasteiger partial charge in [-0.15, -0.1) is 0 Å². The molecule has 1 amide bonds. The van der Waals surface area contributed by atoms with Gasteiger partial charge in [0.1, 0.15) is 4.99 Å². The van der Waals surface area contributed by atoms with Crippen LogP contribution in [0.1, 0.15) is 86.3 Å². The minimum Gasteiger partial charge on any atom is -0.303 e. The second kappa shape index (κ2) is 15.4.